The second-order valence-electron chi connectivity index (χ2n) is 7.02. The minimum absolute atomic E-state index is 0.193. The van der Waals surface area contributed by atoms with Crippen LogP contribution in [-0.2, 0) is 17.9 Å². The molecule has 0 saturated heterocycles. The van der Waals surface area contributed by atoms with Crippen LogP contribution in [0.1, 0.15) is 26.7 Å². The molecule has 0 aliphatic carbocycles. The lowest BCUT2D eigenvalue weighted by molar-refractivity contribution is -0.130. The number of hydrogen-bond acceptors (Lipinski definition) is 5. The molecule has 9 heteroatoms. The summed E-state index contributed by atoms with van der Waals surface area (Å²) < 4.78 is 2.35. The zero-order chi connectivity index (χ0) is 21.8. The van der Waals surface area contributed by atoms with Crippen molar-refractivity contribution in [2.24, 2.45) is 0 Å². The molecule has 0 unspecified atom stereocenters. The Bertz CT molecular complexity index is 1180. The van der Waals surface area contributed by atoms with E-state index in [2.05, 4.69) is 9.97 Å². The third kappa shape index (κ3) is 4.28. The van der Waals surface area contributed by atoms with Gasteiger partial charge in [-0.15, -0.1) is 0 Å². The molecule has 0 aliphatic rings. The van der Waals surface area contributed by atoms with E-state index in [0.717, 1.165) is 17.4 Å². The zero-order valence-corrected chi connectivity index (χ0v) is 18.0. The van der Waals surface area contributed by atoms with Crippen LogP contribution < -0.4 is 11.2 Å². The highest BCUT2D eigenvalue weighted by molar-refractivity contribution is 6.30. The summed E-state index contributed by atoms with van der Waals surface area (Å²) in [5.41, 5.74) is -0.170. The van der Waals surface area contributed by atoms with Crippen LogP contribution in [0.5, 0.6) is 0 Å². The predicted octanol–water partition coefficient (Wildman–Crippen LogP) is 2.55. The highest BCUT2D eigenvalue weighted by atomic mass is 35.5. The Morgan fingerprint density at radius 3 is 2.47 bits per heavy atom. The first-order valence-electron chi connectivity index (χ1n) is 9.87. The number of rotatable bonds is 7. The first-order valence-corrected chi connectivity index (χ1v) is 10.3. The largest absolute Gasteiger partial charge is 0.344 e. The monoisotopic (exact) mass is 429 g/mol. The summed E-state index contributed by atoms with van der Waals surface area (Å²) in [6.07, 6.45) is 3.21. The summed E-state index contributed by atoms with van der Waals surface area (Å²) in [7, 11) is 1.67. The van der Waals surface area contributed by atoms with Gasteiger partial charge in [-0.2, -0.15) is 0 Å². The molecule has 0 atom stereocenters. The molecule has 3 aromatic rings. The maximum atomic E-state index is 13.0. The van der Waals surface area contributed by atoms with E-state index in [0.29, 0.717) is 29.5 Å². The van der Waals surface area contributed by atoms with Crippen molar-refractivity contribution in [1.29, 1.82) is 0 Å². The highest BCUT2D eigenvalue weighted by Crippen LogP contribution is 2.19. The van der Waals surface area contributed by atoms with Crippen LogP contribution in [0.3, 0.4) is 0 Å². The molecule has 0 N–H and O–H groups in total. The molecule has 0 radical (unpaired) electrons. The number of aryl methyl sites for hydroxylation is 1. The molecule has 158 valence electrons. The minimum Gasteiger partial charge on any atom is -0.344 e. The Kier molecular flexibility index (Phi) is 6.66. The van der Waals surface area contributed by atoms with Gasteiger partial charge >= 0.3 is 5.69 Å². The molecule has 0 aliphatic heterocycles. The van der Waals surface area contributed by atoms with Gasteiger partial charge in [0.05, 0.1) is 0 Å². The number of nitrogens with zero attached hydrogens (tertiary/aromatic N) is 5. The summed E-state index contributed by atoms with van der Waals surface area (Å²) in [6.45, 7) is 4.38. The third-order valence-corrected chi connectivity index (χ3v) is 5.20. The number of carbonyl (C=O) groups is 1. The van der Waals surface area contributed by atoms with Crippen molar-refractivity contribution in [1.82, 2.24) is 24.0 Å². The number of likely N-dealkylation sites (N-methyl/N-ethyl adjacent to an activating group) is 1. The van der Waals surface area contributed by atoms with Crippen LogP contribution in [0.15, 0.2) is 40.1 Å². The van der Waals surface area contributed by atoms with Gasteiger partial charge in [0.25, 0.3) is 5.56 Å². The van der Waals surface area contributed by atoms with Crippen LogP contribution in [-0.4, -0.2) is 43.5 Å². The van der Waals surface area contributed by atoms with Crippen molar-refractivity contribution in [2.75, 3.05) is 13.6 Å². The summed E-state index contributed by atoms with van der Waals surface area (Å²) in [6, 6.07) is 6.97. The average Bonchev–Trinajstić information content (AvgIpc) is 2.75. The van der Waals surface area contributed by atoms with Crippen LogP contribution in [0, 0.1) is 0 Å². The van der Waals surface area contributed by atoms with Crippen molar-refractivity contribution in [3.8, 4) is 11.4 Å². The summed E-state index contributed by atoms with van der Waals surface area (Å²) in [5, 5.41) is 0.777. The second-order valence-corrected chi connectivity index (χ2v) is 7.46. The van der Waals surface area contributed by atoms with Gasteiger partial charge in [0.1, 0.15) is 11.9 Å². The molecule has 0 fully saturated rings. The van der Waals surface area contributed by atoms with E-state index in [-0.39, 0.29) is 23.5 Å². The predicted molar refractivity (Wildman–Crippen MR) is 117 cm³/mol. The van der Waals surface area contributed by atoms with Gasteiger partial charge in [0.2, 0.25) is 5.91 Å². The number of halogens is 1. The smallest absolute Gasteiger partial charge is 0.333 e. The molecule has 0 spiro atoms. The van der Waals surface area contributed by atoms with Crippen LogP contribution in [0.4, 0.5) is 0 Å². The summed E-state index contributed by atoms with van der Waals surface area (Å²) in [4.78, 5) is 48.7. The van der Waals surface area contributed by atoms with Gasteiger partial charge < -0.3 is 4.90 Å². The topological polar surface area (TPSA) is 90.1 Å². The third-order valence-electron chi connectivity index (χ3n) is 4.95. The van der Waals surface area contributed by atoms with Crippen molar-refractivity contribution in [3.63, 3.8) is 0 Å². The van der Waals surface area contributed by atoms with Gasteiger partial charge in [0.15, 0.2) is 11.5 Å². The Morgan fingerprint density at radius 2 is 1.83 bits per heavy atom. The fourth-order valence-corrected chi connectivity index (χ4v) is 3.26. The normalized spacial score (nSPS) is 11.1. The van der Waals surface area contributed by atoms with Crippen molar-refractivity contribution in [2.45, 2.75) is 39.8 Å². The van der Waals surface area contributed by atoms with Gasteiger partial charge in [-0.25, -0.2) is 14.8 Å². The Balaban J connectivity index is 2.08. The number of carbonyl (C=O) groups excluding carboxylic acids is 1. The SMILES string of the molecule is CCCCN(C)C(=O)Cn1c(=O)c2cnc(-c3ccc(Cl)cc3)nc2n(CC)c1=O. The number of benzene rings is 1. The highest BCUT2D eigenvalue weighted by Gasteiger charge is 2.18. The van der Waals surface area contributed by atoms with Crippen LogP contribution in [0.2, 0.25) is 5.02 Å². The lowest BCUT2D eigenvalue weighted by Gasteiger charge is -2.18. The van der Waals surface area contributed by atoms with E-state index in [1.165, 1.54) is 15.7 Å². The fraction of sp³-hybridized carbons (Fsp3) is 0.381. The number of aromatic nitrogens is 4. The standard InChI is InChI=1S/C21H24ClN5O3/c1-4-6-11-25(3)17(28)13-27-20(29)16-12-23-18(14-7-9-15(22)10-8-14)24-19(16)26(5-2)21(27)30/h7-10,12H,4-6,11,13H2,1-3H3. The first kappa shape index (κ1) is 21.7. The summed E-state index contributed by atoms with van der Waals surface area (Å²) in [5.74, 6) is 0.0941. The van der Waals surface area contributed by atoms with E-state index < -0.39 is 11.2 Å². The van der Waals surface area contributed by atoms with E-state index in [4.69, 9.17) is 11.6 Å². The number of amides is 1. The molecular weight excluding hydrogens is 406 g/mol. The maximum absolute atomic E-state index is 13.0. The number of hydrogen-bond donors (Lipinski definition) is 0. The number of unbranched alkanes of at least 4 members (excludes halogenated alkanes) is 1. The molecule has 0 bridgehead atoms. The molecule has 1 amide bonds. The van der Waals surface area contributed by atoms with Gasteiger partial charge in [-0.1, -0.05) is 24.9 Å². The molecule has 0 saturated carbocycles. The Hall–Kier alpha value is -3.00. The minimum atomic E-state index is -0.570. The average molecular weight is 430 g/mol. The second kappa shape index (κ2) is 9.21. The van der Waals surface area contributed by atoms with Gasteiger partial charge in [-0.05, 0) is 37.6 Å². The van der Waals surface area contributed by atoms with Crippen LogP contribution >= 0.6 is 11.6 Å². The van der Waals surface area contributed by atoms with Crippen molar-refractivity contribution >= 4 is 28.5 Å². The lowest BCUT2D eigenvalue weighted by atomic mass is 10.2. The van der Waals surface area contributed by atoms with Crippen molar-refractivity contribution < 1.29 is 4.79 Å². The molecule has 8 nitrogen and oxygen atoms in total. The molecule has 2 aromatic heterocycles. The van der Waals surface area contributed by atoms with Gasteiger partial charge in [-0.3, -0.25) is 18.7 Å². The molecular formula is C21H24ClN5O3. The van der Waals surface area contributed by atoms with Crippen molar-refractivity contribution in [3.05, 3.63) is 56.3 Å². The fourth-order valence-electron chi connectivity index (χ4n) is 3.14. The van der Waals surface area contributed by atoms with Gasteiger partial charge in [0, 0.05) is 36.9 Å². The van der Waals surface area contributed by atoms with E-state index in [1.54, 1.807) is 38.2 Å². The van der Waals surface area contributed by atoms with Crippen LogP contribution in [0.25, 0.3) is 22.4 Å². The van der Waals surface area contributed by atoms with E-state index in [1.807, 2.05) is 6.92 Å². The van der Waals surface area contributed by atoms with E-state index >= 15 is 0 Å². The molecule has 3 rings (SSSR count). The first-order chi connectivity index (χ1) is 14.4. The van der Waals surface area contributed by atoms with E-state index in [9.17, 15) is 14.4 Å². The quantitative estimate of drug-likeness (QED) is 0.575. The molecule has 2 heterocycles. The lowest BCUT2D eigenvalue weighted by Crippen LogP contribution is -2.44. The maximum Gasteiger partial charge on any atom is 0.333 e. The summed E-state index contributed by atoms with van der Waals surface area (Å²) >= 11 is 5.93. The Labute approximate surface area is 178 Å². The molecule has 1 aromatic carbocycles. The Morgan fingerprint density at radius 1 is 1.13 bits per heavy atom. The number of fused-ring (bicyclic) bond motifs is 1. The molecule has 30 heavy (non-hydrogen) atoms. The zero-order valence-electron chi connectivity index (χ0n) is 17.3.